The lowest BCUT2D eigenvalue weighted by atomic mass is 10.1. The van der Waals surface area contributed by atoms with Gasteiger partial charge in [-0.25, -0.2) is 4.79 Å². The van der Waals surface area contributed by atoms with Crippen LogP contribution in [0.3, 0.4) is 0 Å². The summed E-state index contributed by atoms with van der Waals surface area (Å²) in [6.45, 7) is 7.04. The maximum atomic E-state index is 12.3. The van der Waals surface area contributed by atoms with Crippen LogP contribution in [0.15, 0.2) is 55.0 Å². The van der Waals surface area contributed by atoms with Crippen LogP contribution in [0.4, 0.5) is 4.79 Å². The van der Waals surface area contributed by atoms with Crippen molar-refractivity contribution in [1.29, 1.82) is 0 Å². The van der Waals surface area contributed by atoms with Crippen molar-refractivity contribution in [3.05, 3.63) is 58.6 Å². The number of ether oxygens (including phenoxy) is 1. The molecule has 0 unspecified atom stereocenters. The summed E-state index contributed by atoms with van der Waals surface area (Å²) in [6, 6.07) is 12.8. The zero-order valence-electron chi connectivity index (χ0n) is 18.1. The molecule has 0 N–H and O–H groups in total. The molecule has 0 aliphatic carbocycles. The molecule has 1 amide bonds. The van der Waals surface area contributed by atoms with Gasteiger partial charge in [-0.3, -0.25) is 9.67 Å². The van der Waals surface area contributed by atoms with E-state index in [1.807, 2.05) is 43.9 Å². The maximum Gasteiger partial charge on any atom is 0.410 e. The molecule has 0 radical (unpaired) electrons. The first-order chi connectivity index (χ1) is 14.8. The van der Waals surface area contributed by atoms with E-state index in [0.717, 1.165) is 35.2 Å². The SMILES string of the molecule is CC(C)(C)OC(=O)N1CCC(n2cc(-c3ccc(-c4cccc(I)c4)nc3)cn2)CC1. The first-order valence-electron chi connectivity index (χ1n) is 10.5. The number of halogens is 1. The Hall–Kier alpha value is -2.42. The van der Waals surface area contributed by atoms with E-state index in [2.05, 4.69) is 69.2 Å². The number of piperidine rings is 1. The topological polar surface area (TPSA) is 60.2 Å². The van der Waals surface area contributed by atoms with Gasteiger partial charge in [0.25, 0.3) is 0 Å². The van der Waals surface area contributed by atoms with E-state index in [4.69, 9.17) is 4.74 Å². The Morgan fingerprint density at radius 2 is 1.84 bits per heavy atom. The number of nitrogens with zero attached hydrogens (tertiary/aromatic N) is 4. The van der Waals surface area contributed by atoms with Gasteiger partial charge < -0.3 is 9.64 Å². The van der Waals surface area contributed by atoms with Gasteiger partial charge in [-0.1, -0.05) is 18.2 Å². The van der Waals surface area contributed by atoms with Gasteiger partial charge in [-0.15, -0.1) is 0 Å². The van der Waals surface area contributed by atoms with Crippen molar-refractivity contribution in [1.82, 2.24) is 19.7 Å². The van der Waals surface area contributed by atoms with Crippen molar-refractivity contribution >= 4 is 28.7 Å². The summed E-state index contributed by atoms with van der Waals surface area (Å²) in [5.41, 5.74) is 3.71. The predicted molar refractivity (Wildman–Crippen MR) is 130 cm³/mol. The fraction of sp³-hybridized carbons (Fsp3) is 0.375. The molecule has 1 aliphatic heterocycles. The van der Waals surface area contributed by atoms with Gasteiger partial charge >= 0.3 is 6.09 Å². The zero-order chi connectivity index (χ0) is 22.0. The summed E-state index contributed by atoms with van der Waals surface area (Å²) in [5.74, 6) is 0. The highest BCUT2D eigenvalue weighted by Crippen LogP contribution is 2.27. The Balaban J connectivity index is 1.39. The van der Waals surface area contributed by atoms with Crippen LogP contribution in [0, 0.1) is 3.57 Å². The number of pyridine rings is 1. The molecular formula is C24H27IN4O2. The highest BCUT2D eigenvalue weighted by Gasteiger charge is 2.27. The number of rotatable bonds is 3. The number of hydrogen-bond acceptors (Lipinski definition) is 4. The second-order valence-electron chi connectivity index (χ2n) is 8.85. The Kier molecular flexibility index (Phi) is 6.31. The highest BCUT2D eigenvalue weighted by atomic mass is 127. The van der Waals surface area contributed by atoms with E-state index in [1.54, 1.807) is 4.90 Å². The quantitative estimate of drug-likeness (QED) is 0.403. The van der Waals surface area contributed by atoms with Gasteiger partial charge in [0.05, 0.1) is 17.9 Å². The third kappa shape index (κ3) is 5.44. The van der Waals surface area contributed by atoms with Crippen LogP contribution >= 0.6 is 22.6 Å². The minimum absolute atomic E-state index is 0.230. The Bertz CT molecular complexity index is 1050. The summed E-state index contributed by atoms with van der Waals surface area (Å²) in [4.78, 5) is 18.7. The van der Waals surface area contributed by atoms with Crippen LogP contribution in [0.1, 0.15) is 39.7 Å². The number of likely N-dealkylation sites (tertiary alicyclic amines) is 1. The minimum Gasteiger partial charge on any atom is -0.444 e. The number of benzene rings is 1. The predicted octanol–water partition coefficient (Wildman–Crippen LogP) is 5.79. The lowest BCUT2D eigenvalue weighted by molar-refractivity contribution is 0.0185. The van der Waals surface area contributed by atoms with Gasteiger partial charge in [-0.2, -0.15) is 5.10 Å². The van der Waals surface area contributed by atoms with Gasteiger partial charge in [0.2, 0.25) is 0 Å². The molecule has 0 spiro atoms. The van der Waals surface area contributed by atoms with Crippen LogP contribution in [0.25, 0.3) is 22.4 Å². The number of aromatic nitrogens is 3. The van der Waals surface area contributed by atoms with Crippen LogP contribution in [0.5, 0.6) is 0 Å². The van der Waals surface area contributed by atoms with E-state index in [0.29, 0.717) is 13.1 Å². The largest absolute Gasteiger partial charge is 0.444 e. The Labute approximate surface area is 196 Å². The minimum atomic E-state index is -0.465. The molecule has 0 atom stereocenters. The third-order valence-corrected chi connectivity index (χ3v) is 5.98. The van der Waals surface area contributed by atoms with Crippen molar-refractivity contribution in [2.24, 2.45) is 0 Å². The Morgan fingerprint density at radius 3 is 2.48 bits per heavy atom. The molecule has 6 nitrogen and oxygen atoms in total. The van der Waals surface area contributed by atoms with Crippen LogP contribution < -0.4 is 0 Å². The smallest absolute Gasteiger partial charge is 0.410 e. The summed E-state index contributed by atoms with van der Waals surface area (Å²) < 4.78 is 8.70. The number of amides is 1. The van der Waals surface area contributed by atoms with E-state index in [1.165, 1.54) is 3.57 Å². The maximum absolute atomic E-state index is 12.3. The van der Waals surface area contributed by atoms with Gasteiger partial charge in [0, 0.05) is 45.7 Å². The summed E-state index contributed by atoms with van der Waals surface area (Å²) in [7, 11) is 0. The van der Waals surface area contributed by atoms with Gasteiger partial charge in [0.1, 0.15) is 5.60 Å². The second-order valence-corrected chi connectivity index (χ2v) is 10.1. The monoisotopic (exact) mass is 530 g/mol. The fourth-order valence-electron chi connectivity index (χ4n) is 3.71. The molecule has 3 aromatic rings. The molecule has 0 saturated carbocycles. The molecule has 3 heterocycles. The molecule has 7 heteroatoms. The molecular weight excluding hydrogens is 503 g/mol. The van der Waals surface area contributed by atoms with Crippen molar-refractivity contribution < 1.29 is 9.53 Å². The first kappa shape index (κ1) is 21.8. The average Bonchev–Trinajstić information content (AvgIpc) is 3.23. The average molecular weight is 530 g/mol. The standard InChI is InChI=1S/C24H27IN4O2/c1-24(2,3)31-23(30)28-11-9-21(10-12-28)29-16-19(15-27-29)18-7-8-22(26-14-18)17-5-4-6-20(25)13-17/h4-8,13-16,21H,9-12H2,1-3H3. The molecule has 4 rings (SSSR count). The lowest BCUT2D eigenvalue weighted by Crippen LogP contribution is -2.42. The lowest BCUT2D eigenvalue weighted by Gasteiger charge is -2.33. The number of hydrogen-bond donors (Lipinski definition) is 0. The molecule has 1 fully saturated rings. The molecule has 0 bridgehead atoms. The molecule has 2 aromatic heterocycles. The fourth-order valence-corrected chi connectivity index (χ4v) is 4.25. The van der Waals surface area contributed by atoms with E-state index in [-0.39, 0.29) is 12.1 Å². The van der Waals surface area contributed by atoms with Crippen LogP contribution in [0.2, 0.25) is 0 Å². The van der Waals surface area contributed by atoms with Crippen molar-refractivity contribution in [3.63, 3.8) is 0 Å². The van der Waals surface area contributed by atoms with Crippen LogP contribution in [-0.2, 0) is 4.74 Å². The Morgan fingerprint density at radius 1 is 1.06 bits per heavy atom. The zero-order valence-corrected chi connectivity index (χ0v) is 20.2. The van der Waals surface area contributed by atoms with E-state index < -0.39 is 5.60 Å². The summed E-state index contributed by atoms with van der Waals surface area (Å²) in [5, 5.41) is 4.59. The first-order valence-corrected chi connectivity index (χ1v) is 11.6. The van der Waals surface area contributed by atoms with Gasteiger partial charge in [0.15, 0.2) is 0 Å². The molecule has 162 valence electrons. The van der Waals surface area contributed by atoms with Crippen molar-refractivity contribution in [2.45, 2.75) is 45.3 Å². The number of carbonyl (C=O) groups is 1. The molecule has 1 aliphatic rings. The van der Waals surface area contributed by atoms with E-state index in [9.17, 15) is 4.79 Å². The molecule has 1 aromatic carbocycles. The third-order valence-electron chi connectivity index (χ3n) is 5.31. The van der Waals surface area contributed by atoms with E-state index >= 15 is 0 Å². The van der Waals surface area contributed by atoms with Crippen molar-refractivity contribution in [2.75, 3.05) is 13.1 Å². The number of carbonyl (C=O) groups excluding carboxylic acids is 1. The summed E-state index contributed by atoms with van der Waals surface area (Å²) >= 11 is 2.31. The van der Waals surface area contributed by atoms with Crippen molar-refractivity contribution in [3.8, 4) is 22.4 Å². The highest BCUT2D eigenvalue weighted by molar-refractivity contribution is 14.1. The second kappa shape index (κ2) is 8.98. The van der Waals surface area contributed by atoms with Crippen LogP contribution in [-0.4, -0.2) is 44.4 Å². The normalized spacial score (nSPS) is 15.2. The molecule has 1 saturated heterocycles. The van der Waals surface area contributed by atoms with Gasteiger partial charge in [-0.05, 0) is 74.4 Å². The molecule has 31 heavy (non-hydrogen) atoms. The summed E-state index contributed by atoms with van der Waals surface area (Å²) in [6.07, 6.45) is 7.38.